The van der Waals surface area contributed by atoms with Crippen LogP contribution in [0.3, 0.4) is 0 Å². The number of para-hydroxylation sites is 1. The molecule has 1 unspecified atom stereocenters. The molecule has 7 nitrogen and oxygen atoms in total. The van der Waals surface area contributed by atoms with E-state index in [1.54, 1.807) is 35.2 Å². The summed E-state index contributed by atoms with van der Waals surface area (Å²) < 4.78 is 45.8. The molecule has 1 heterocycles. The minimum atomic E-state index is -4.39. The van der Waals surface area contributed by atoms with Crippen LogP contribution in [-0.2, 0) is 14.9 Å². The maximum absolute atomic E-state index is 13.3. The fourth-order valence-corrected chi connectivity index (χ4v) is 5.59. The SMILES string of the molecule is O=C1[C@H](CCC(O)c2ccc(F)cc2)[C@@H](c2ccc(-c3cccc(S(=O)(=O)O)c3)cc2O)N1c1ccccc1. The number of amides is 1. The van der Waals surface area contributed by atoms with E-state index in [4.69, 9.17) is 0 Å². The summed E-state index contributed by atoms with van der Waals surface area (Å²) in [5.74, 6) is -1.13. The Hall–Kier alpha value is -4.05. The molecule has 4 aromatic rings. The highest BCUT2D eigenvalue weighted by molar-refractivity contribution is 7.85. The van der Waals surface area contributed by atoms with Crippen LogP contribution >= 0.6 is 0 Å². The first-order valence-electron chi connectivity index (χ1n) is 12.4. The molecule has 39 heavy (non-hydrogen) atoms. The smallest absolute Gasteiger partial charge is 0.294 e. The highest BCUT2D eigenvalue weighted by Crippen LogP contribution is 2.49. The zero-order valence-corrected chi connectivity index (χ0v) is 21.5. The number of aliphatic hydroxyl groups is 1. The molecule has 1 fully saturated rings. The minimum absolute atomic E-state index is 0.0766. The number of aliphatic hydroxyl groups excluding tert-OH is 1. The monoisotopic (exact) mass is 547 g/mol. The number of rotatable bonds is 8. The van der Waals surface area contributed by atoms with E-state index in [1.807, 2.05) is 18.2 Å². The summed E-state index contributed by atoms with van der Waals surface area (Å²) in [6.45, 7) is 0. The van der Waals surface area contributed by atoms with Crippen molar-refractivity contribution in [2.45, 2.75) is 29.9 Å². The third-order valence-electron chi connectivity index (χ3n) is 7.07. The molecule has 0 spiro atoms. The summed E-state index contributed by atoms with van der Waals surface area (Å²) >= 11 is 0. The average Bonchev–Trinajstić information content (AvgIpc) is 2.92. The third-order valence-corrected chi connectivity index (χ3v) is 7.92. The Labute approximate surface area is 225 Å². The number of β-lactam (4-membered cyclic amide) rings is 1. The van der Waals surface area contributed by atoms with Gasteiger partial charge in [-0.05, 0) is 72.0 Å². The molecule has 0 aliphatic carbocycles. The van der Waals surface area contributed by atoms with E-state index in [9.17, 15) is 32.4 Å². The molecule has 0 radical (unpaired) electrons. The van der Waals surface area contributed by atoms with E-state index in [2.05, 4.69) is 0 Å². The highest BCUT2D eigenvalue weighted by Gasteiger charge is 2.49. The minimum Gasteiger partial charge on any atom is -0.508 e. The van der Waals surface area contributed by atoms with Crippen molar-refractivity contribution in [3.8, 4) is 16.9 Å². The van der Waals surface area contributed by atoms with Crippen molar-refractivity contribution in [3.05, 3.63) is 114 Å². The lowest BCUT2D eigenvalue weighted by Crippen LogP contribution is -2.55. The van der Waals surface area contributed by atoms with Crippen LogP contribution in [0, 0.1) is 11.7 Å². The van der Waals surface area contributed by atoms with Gasteiger partial charge in [-0.2, -0.15) is 8.42 Å². The van der Waals surface area contributed by atoms with Crippen LogP contribution in [0.5, 0.6) is 5.75 Å². The molecule has 0 bridgehead atoms. The Morgan fingerprint density at radius 3 is 2.23 bits per heavy atom. The van der Waals surface area contributed by atoms with Gasteiger partial charge in [-0.3, -0.25) is 9.35 Å². The van der Waals surface area contributed by atoms with Gasteiger partial charge in [0, 0.05) is 11.3 Å². The molecule has 1 saturated heterocycles. The quantitative estimate of drug-likeness (QED) is 0.194. The molecular weight excluding hydrogens is 521 g/mol. The lowest BCUT2D eigenvalue weighted by molar-refractivity contribution is -0.131. The van der Waals surface area contributed by atoms with Crippen molar-refractivity contribution >= 4 is 21.7 Å². The molecule has 3 N–H and O–H groups in total. The Kier molecular flexibility index (Phi) is 7.22. The molecule has 1 aliphatic rings. The van der Waals surface area contributed by atoms with Crippen LogP contribution in [0.1, 0.15) is 36.1 Å². The zero-order chi connectivity index (χ0) is 27.7. The summed E-state index contributed by atoms with van der Waals surface area (Å²) in [4.78, 5) is 14.7. The van der Waals surface area contributed by atoms with Crippen LogP contribution in [0.4, 0.5) is 10.1 Å². The predicted octanol–water partition coefficient (Wildman–Crippen LogP) is 5.66. The molecule has 5 rings (SSSR count). The number of carbonyl (C=O) groups is 1. The molecule has 1 aliphatic heterocycles. The maximum Gasteiger partial charge on any atom is 0.294 e. The lowest BCUT2D eigenvalue weighted by Gasteiger charge is -2.48. The van der Waals surface area contributed by atoms with Gasteiger partial charge >= 0.3 is 0 Å². The van der Waals surface area contributed by atoms with Crippen molar-refractivity contribution in [2.24, 2.45) is 5.92 Å². The average molecular weight is 548 g/mol. The first kappa shape index (κ1) is 26.6. The number of carbonyl (C=O) groups excluding carboxylic acids is 1. The number of phenolic OH excluding ortho intramolecular Hbond substituents is 1. The van der Waals surface area contributed by atoms with Crippen molar-refractivity contribution in [1.29, 1.82) is 0 Å². The van der Waals surface area contributed by atoms with Gasteiger partial charge in [-0.25, -0.2) is 4.39 Å². The van der Waals surface area contributed by atoms with Crippen LogP contribution in [0.25, 0.3) is 11.1 Å². The van der Waals surface area contributed by atoms with Crippen molar-refractivity contribution in [3.63, 3.8) is 0 Å². The summed E-state index contributed by atoms with van der Waals surface area (Å²) in [6.07, 6.45) is -0.276. The predicted molar refractivity (Wildman–Crippen MR) is 144 cm³/mol. The van der Waals surface area contributed by atoms with E-state index >= 15 is 0 Å². The topological polar surface area (TPSA) is 115 Å². The molecule has 4 aromatic carbocycles. The number of halogens is 1. The number of anilines is 1. The van der Waals surface area contributed by atoms with E-state index in [-0.39, 0.29) is 23.0 Å². The normalized spacial score (nSPS) is 18.0. The Balaban J connectivity index is 1.44. The summed E-state index contributed by atoms with van der Waals surface area (Å²) in [7, 11) is -4.39. The summed E-state index contributed by atoms with van der Waals surface area (Å²) in [5, 5.41) is 21.7. The van der Waals surface area contributed by atoms with Gasteiger partial charge in [-0.15, -0.1) is 0 Å². The molecule has 200 valence electrons. The number of benzene rings is 4. The van der Waals surface area contributed by atoms with Gasteiger partial charge < -0.3 is 15.1 Å². The number of phenols is 1. The van der Waals surface area contributed by atoms with Gasteiger partial charge in [0.1, 0.15) is 11.6 Å². The van der Waals surface area contributed by atoms with E-state index < -0.39 is 34.0 Å². The summed E-state index contributed by atoms with van der Waals surface area (Å²) in [6, 6.07) is 24.8. The molecular formula is C30H26FNO6S. The lowest BCUT2D eigenvalue weighted by atomic mass is 9.77. The van der Waals surface area contributed by atoms with Gasteiger partial charge in [0.25, 0.3) is 10.1 Å². The molecule has 0 aromatic heterocycles. The van der Waals surface area contributed by atoms with Gasteiger partial charge in [0.05, 0.1) is 23.0 Å². The first-order valence-corrected chi connectivity index (χ1v) is 13.8. The number of hydrogen-bond acceptors (Lipinski definition) is 5. The third kappa shape index (κ3) is 5.42. The largest absolute Gasteiger partial charge is 0.508 e. The second kappa shape index (κ2) is 10.6. The van der Waals surface area contributed by atoms with Gasteiger partial charge in [0.2, 0.25) is 5.91 Å². The van der Waals surface area contributed by atoms with Crippen LogP contribution in [-0.4, -0.2) is 29.1 Å². The molecule has 0 saturated carbocycles. The molecule has 9 heteroatoms. The summed E-state index contributed by atoms with van der Waals surface area (Å²) in [5.41, 5.74) is 2.75. The maximum atomic E-state index is 13.3. The van der Waals surface area contributed by atoms with E-state index in [0.29, 0.717) is 34.4 Å². The Bertz CT molecular complexity index is 1610. The fraction of sp³-hybridized carbons (Fsp3) is 0.167. The number of hydrogen-bond donors (Lipinski definition) is 3. The van der Waals surface area contributed by atoms with Crippen LogP contribution in [0.15, 0.2) is 102 Å². The second-order valence-electron chi connectivity index (χ2n) is 9.52. The number of nitrogens with zero attached hydrogens (tertiary/aromatic N) is 1. The van der Waals surface area contributed by atoms with Crippen LogP contribution in [0.2, 0.25) is 0 Å². The van der Waals surface area contributed by atoms with E-state index in [1.165, 1.54) is 48.5 Å². The second-order valence-corrected chi connectivity index (χ2v) is 10.9. The van der Waals surface area contributed by atoms with E-state index in [0.717, 1.165) is 0 Å². The standard InChI is InChI=1S/C30H26FNO6S/c31-22-12-9-19(10-13-22)27(33)16-15-26-29(32(30(26)35)23-6-2-1-3-7-23)25-14-11-21(18-28(25)34)20-5-4-8-24(17-20)39(36,37)38/h1-14,17-18,26-27,29,33-34H,15-16H2,(H,36,37,38)/t26-,27?,29-/m1/s1. The highest BCUT2D eigenvalue weighted by atomic mass is 32.2. The Morgan fingerprint density at radius 1 is 0.872 bits per heavy atom. The molecule has 1 amide bonds. The first-order chi connectivity index (χ1) is 18.6. The van der Waals surface area contributed by atoms with Crippen molar-refractivity contribution < 1.29 is 32.4 Å². The van der Waals surface area contributed by atoms with Crippen LogP contribution < -0.4 is 4.90 Å². The number of aromatic hydroxyl groups is 1. The van der Waals surface area contributed by atoms with Crippen molar-refractivity contribution in [2.75, 3.05) is 4.90 Å². The molecule has 3 atom stereocenters. The van der Waals surface area contributed by atoms with Gasteiger partial charge in [0.15, 0.2) is 0 Å². The fourth-order valence-electron chi connectivity index (χ4n) is 5.06. The zero-order valence-electron chi connectivity index (χ0n) is 20.7. The van der Waals surface area contributed by atoms with Crippen molar-refractivity contribution in [1.82, 2.24) is 0 Å². The Morgan fingerprint density at radius 2 is 1.56 bits per heavy atom. The van der Waals surface area contributed by atoms with Gasteiger partial charge in [-0.1, -0.05) is 54.6 Å².